The zero-order valence-electron chi connectivity index (χ0n) is 16.2. The third kappa shape index (κ3) is 4.83. The molecule has 0 saturated heterocycles. The van der Waals surface area contributed by atoms with Gasteiger partial charge in [0, 0.05) is 28.5 Å². The van der Waals surface area contributed by atoms with Gasteiger partial charge in [0.15, 0.2) is 0 Å². The second kappa shape index (κ2) is 8.38. The quantitative estimate of drug-likeness (QED) is 0.226. The zero-order chi connectivity index (χ0) is 22.9. The molecule has 164 valence electrons. The summed E-state index contributed by atoms with van der Waals surface area (Å²) in [5.74, 6) is 0.134. The van der Waals surface area contributed by atoms with Gasteiger partial charge in [0.25, 0.3) is 0 Å². The van der Waals surface area contributed by atoms with Gasteiger partial charge in [-0.05, 0) is 53.2 Å². The summed E-state index contributed by atoms with van der Waals surface area (Å²) in [5, 5.41) is 0. The third-order valence-corrected chi connectivity index (χ3v) is 5.38. The predicted molar refractivity (Wildman–Crippen MR) is 111 cm³/mol. The number of hydrogen-bond donors (Lipinski definition) is 0. The maximum Gasteiger partial charge on any atom is 0.446 e. The maximum absolute atomic E-state index is 13.4. The van der Waals surface area contributed by atoms with Gasteiger partial charge < -0.3 is 0 Å². The summed E-state index contributed by atoms with van der Waals surface area (Å²) >= 11 is -0.191. The Morgan fingerprint density at radius 3 is 2.16 bits per heavy atom. The molecule has 4 aromatic rings. The number of benzene rings is 3. The van der Waals surface area contributed by atoms with Crippen molar-refractivity contribution in [2.24, 2.45) is 0 Å². The van der Waals surface area contributed by atoms with Crippen LogP contribution in [0.2, 0.25) is 0 Å². The summed E-state index contributed by atoms with van der Waals surface area (Å²) in [6.45, 7) is 0. The van der Waals surface area contributed by atoms with Crippen LogP contribution in [-0.4, -0.2) is 15.1 Å². The fourth-order valence-corrected chi connectivity index (χ4v) is 3.92. The van der Waals surface area contributed by atoms with E-state index in [0.717, 1.165) is 6.07 Å². The van der Waals surface area contributed by atoms with Crippen LogP contribution in [0.1, 0.15) is 5.56 Å². The molecule has 1 aromatic heterocycles. The maximum atomic E-state index is 13.4. The lowest BCUT2D eigenvalue weighted by Gasteiger charge is -2.14. The molecule has 0 bridgehead atoms. The lowest BCUT2D eigenvalue weighted by Crippen LogP contribution is -2.08. The molecule has 0 atom stereocenters. The van der Waals surface area contributed by atoms with E-state index in [2.05, 4.69) is 4.98 Å². The molecule has 1 heterocycles. The Morgan fingerprint density at radius 2 is 1.47 bits per heavy atom. The van der Waals surface area contributed by atoms with E-state index in [-0.39, 0.29) is 28.0 Å². The number of imidazole rings is 1. The molecule has 0 spiro atoms. The second-order valence-electron chi connectivity index (χ2n) is 6.79. The molecule has 32 heavy (non-hydrogen) atoms. The van der Waals surface area contributed by atoms with E-state index in [4.69, 9.17) is 0 Å². The molecule has 3 aromatic carbocycles. The first-order valence-electron chi connectivity index (χ1n) is 9.28. The van der Waals surface area contributed by atoms with Crippen molar-refractivity contribution in [1.82, 2.24) is 9.55 Å². The van der Waals surface area contributed by atoms with E-state index in [1.165, 1.54) is 41.1 Å². The largest absolute Gasteiger partial charge is 0.446 e. The van der Waals surface area contributed by atoms with Crippen LogP contribution in [0.4, 0.5) is 26.3 Å². The lowest BCUT2D eigenvalue weighted by atomic mass is 10.0. The average molecular weight is 464 g/mol. The Hall–Kier alpha value is -3.20. The Labute approximate surface area is 183 Å². The van der Waals surface area contributed by atoms with Gasteiger partial charge >= 0.3 is 11.7 Å². The topological polar surface area (TPSA) is 17.8 Å². The van der Waals surface area contributed by atoms with Crippen molar-refractivity contribution in [3.05, 3.63) is 90.8 Å². The molecule has 2 nitrogen and oxygen atoms in total. The summed E-state index contributed by atoms with van der Waals surface area (Å²) < 4.78 is 79.8. The fraction of sp³-hybridized carbons (Fsp3) is 0.0870. The standard InChI is InChI=1S/C23H14F6N2S/c24-22(25,26)20-7-2-1-6-19(20)21-30-12-13-31(21)17-10-8-15(9-11-17)16-4-3-5-18(14-16)32-23(27,28)29/h1-14H. The first-order chi connectivity index (χ1) is 15.1. The molecule has 0 aliphatic carbocycles. The van der Waals surface area contributed by atoms with E-state index >= 15 is 0 Å². The van der Waals surface area contributed by atoms with Gasteiger partial charge in [-0.1, -0.05) is 42.5 Å². The van der Waals surface area contributed by atoms with E-state index < -0.39 is 17.2 Å². The van der Waals surface area contributed by atoms with Crippen molar-refractivity contribution in [2.45, 2.75) is 16.6 Å². The normalized spacial score (nSPS) is 12.2. The Kier molecular flexibility index (Phi) is 5.77. The van der Waals surface area contributed by atoms with Crippen LogP contribution in [0, 0.1) is 0 Å². The van der Waals surface area contributed by atoms with Crippen LogP contribution in [0.3, 0.4) is 0 Å². The SMILES string of the molecule is FC(F)(F)Sc1cccc(-c2ccc(-n3ccnc3-c3ccccc3C(F)(F)F)cc2)c1. The first-order valence-corrected chi connectivity index (χ1v) is 10.1. The van der Waals surface area contributed by atoms with E-state index in [1.807, 2.05) is 0 Å². The summed E-state index contributed by atoms with van der Waals surface area (Å²) in [6, 6.07) is 18.0. The molecular formula is C23H14F6N2S. The monoisotopic (exact) mass is 464 g/mol. The van der Waals surface area contributed by atoms with Crippen LogP contribution >= 0.6 is 11.8 Å². The molecular weight excluding hydrogens is 450 g/mol. The van der Waals surface area contributed by atoms with Crippen molar-refractivity contribution in [3.8, 4) is 28.2 Å². The first kappa shape index (κ1) is 22.0. The molecule has 0 saturated carbocycles. The van der Waals surface area contributed by atoms with Crippen LogP contribution in [0.15, 0.2) is 90.1 Å². The fourth-order valence-electron chi connectivity index (χ4n) is 3.32. The van der Waals surface area contributed by atoms with Crippen molar-refractivity contribution in [1.29, 1.82) is 0 Å². The second-order valence-corrected chi connectivity index (χ2v) is 7.93. The van der Waals surface area contributed by atoms with E-state index in [9.17, 15) is 26.3 Å². The van der Waals surface area contributed by atoms with Gasteiger partial charge in [0.2, 0.25) is 0 Å². The van der Waals surface area contributed by atoms with Crippen molar-refractivity contribution in [2.75, 3.05) is 0 Å². The number of thioether (sulfide) groups is 1. The van der Waals surface area contributed by atoms with Gasteiger partial charge in [-0.2, -0.15) is 26.3 Å². The Bertz CT molecular complexity index is 1230. The molecule has 0 aliphatic rings. The van der Waals surface area contributed by atoms with Crippen molar-refractivity contribution < 1.29 is 26.3 Å². The highest BCUT2D eigenvalue weighted by molar-refractivity contribution is 8.00. The Morgan fingerprint density at radius 1 is 0.750 bits per heavy atom. The highest BCUT2D eigenvalue weighted by Crippen LogP contribution is 2.39. The number of alkyl halides is 6. The Balaban J connectivity index is 1.67. The van der Waals surface area contributed by atoms with Gasteiger partial charge in [-0.3, -0.25) is 4.57 Å². The lowest BCUT2D eigenvalue weighted by molar-refractivity contribution is -0.137. The van der Waals surface area contributed by atoms with E-state index in [0.29, 0.717) is 16.8 Å². The van der Waals surface area contributed by atoms with E-state index in [1.54, 1.807) is 42.6 Å². The minimum atomic E-state index is -4.53. The zero-order valence-corrected chi connectivity index (χ0v) is 17.0. The molecule has 0 radical (unpaired) electrons. The molecule has 0 aliphatic heterocycles. The number of rotatable bonds is 4. The minimum Gasteiger partial charge on any atom is -0.300 e. The number of aromatic nitrogens is 2. The van der Waals surface area contributed by atoms with Crippen molar-refractivity contribution in [3.63, 3.8) is 0 Å². The molecule has 0 fully saturated rings. The van der Waals surface area contributed by atoms with Gasteiger partial charge in [0.05, 0.1) is 5.56 Å². The summed E-state index contributed by atoms with van der Waals surface area (Å²) in [7, 11) is 0. The number of halogens is 6. The minimum absolute atomic E-state index is 0.0500. The van der Waals surface area contributed by atoms with Gasteiger partial charge in [-0.25, -0.2) is 4.98 Å². The molecule has 0 N–H and O–H groups in total. The number of nitrogens with zero attached hydrogens (tertiary/aromatic N) is 2. The van der Waals surface area contributed by atoms with Crippen LogP contribution < -0.4 is 0 Å². The van der Waals surface area contributed by atoms with Crippen LogP contribution in [-0.2, 0) is 6.18 Å². The van der Waals surface area contributed by atoms with Gasteiger partial charge in [-0.15, -0.1) is 0 Å². The molecule has 9 heteroatoms. The predicted octanol–water partition coefficient (Wildman–Crippen LogP) is 7.84. The third-order valence-electron chi connectivity index (χ3n) is 4.66. The van der Waals surface area contributed by atoms with Crippen LogP contribution in [0.5, 0.6) is 0 Å². The van der Waals surface area contributed by atoms with Gasteiger partial charge in [0.1, 0.15) is 5.82 Å². The number of hydrogen-bond acceptors (Lipinski definition) is 2. The molecule has 4 rings (SSSR count). The molecule has 0 amide bonds. The molecule has 0 unspecified atom stereocenters. The summed E-state index contributed by atoms with van der Waals surface area (Å²) in [5.41, 5.74) is -3.38. The highest BCUT2D eigenvalue weighted by Gasteiger charge is 2.34. The van der Waals surface area contributed by atoms with Crippen molar-refractivity contribution >= 4 is 11.8 Å². The summed E-state index contributed by atoms with van der Waals surface area (Å²) in [4.78, 5) is 4.19. The highest BCUT2D eigenvalue weighted by atomic mass is 32.2. The summed E-state index contributed by atoms with van der Waals surface area (Å²) in [6.07, 6.45) is -1.57. The van der Waals surface area contributed by atoms with Crippen LogP contribution in [0.25, 0.3) is 28.2 Å². The smallest absolute Gasteiger partial charge is 0.300 e. The average Bonchev–Trinajstić information content (AvgIpc) is 3.22.